The van der Waals surface area contributed by atoms with Crippen molar-refractivity contribution >= 4 is 17.3 Å². The van der Waals surface area contributed by atoms with Crippen molar-refractivity contribution in [2.24, 2.45) is 0 Å². The fourth-order valence-corrected chi connectivity index (χ4v) is 1.68. The third kappa shape index (κ3) is 3.78. The van der Waals surface area contributed by atoms with Gasteiger partial charge < -0.3 is 15.2 Å². The molecular formula is C15H17ClN2O2. The zero-order valence-corrected chi connectivity index (χ0v) is 12.4. The molecule has 2 aromatic rings. The van der Waals surface area contributed by atoms with Crippen LogP contribution in [0.2, 0.25) is 5.02 Å². The van der Waals surface area contributed by atoms with E-state index < -0.39 is 0 Å². The number of halogens is 1. The van der Waals surface area contributed by atoms with Gasteiger partial charge in [-0.25, -0.2) is 0 Å². The Bertz CT molecular complexity index is 609. The highest BCUT2D eigenvalue weighted by Gasteiger charge is 2.16. The second-order valence-electron chi connectivity index (χ2n) is 5.29. The number of anilines is 1. The fourth-order valence-electron chi connectivity index (χ4n) is 1.50. The van der Waals surface area contributed by atoms with Crippen LogP contribution in [0.4, 0.5) is 5.69 Å². The molecule has 0 aliphatic heterocycles. The Morgan fingerprint density at radius 2 is 1.80 bits per heavy atom. The molecule has 0 fully saturated rings. The molecule has 0 radical (unpaired) electrons. The van der Waals surface area contributed by atoms with E-state index in [0.29, 0.717) is 28.2 Å². The number of aromatic nitrogens is 1. The first kappa shape index (κ1) is 14.5. The average Bonchev–Trinajstić information content (AvgIpc) is 2.34. The number of para-hydroxylation sites is 1. The number of nitrogen functional groups attached to an aromatic ring is 1. The molecular weight excluding hydrogens is 276 g/mol. The summed E-state index contributed by atoms with van der Waals surface area (Å²) in [6, 6.07) is 10.6. The second-order valence-corrected chi connectivity index (χ2v) is 5.70. The van der Waals surface area contributed by atoms with Crippen molar-refractivity contribution in [2.45, 2.75) is 26.4 Å². The molecule has 0 atom stereocenters. The minimum Gasteiger partial charge on any atom is -0.470 e. The lowest BCUT2D eigenvalue weighted by Crippen LogP contribution is -2.24. The topological polar surface area (TPSA) is 57.4 Å². The summed E-state index contributed by atoms with van der Waals surface area (Å²) >= 11 is 6.04. The van der Waals surface area contributed by atoms with Gasteiger partial charge in [0.1, 0.15) is 11.4 Å². The second kappa shape index (κ2) is 5.59. The fraction of sp³-hybridized carbons (Fsp3) is 0.267. The van der Waals surface area contributed by atoms with Crippen LogP contribution in [0, 0.1) is 0 Å². The Balaban J connectivity index is 2.26. The molecule has 1 heterocycles. The van der Waals surface area contributed by atoms with E-state index >= 15 is 0 Å². The first-order chi connectivity index (χ1) is 9.35. The summed E-state index contributed by atoms with van der Waals surface area (Å²) < 4.78 is 11.3. The summed E-state index contributed by atoms with van der Waals surface area (Å²) in [6.45, 7) is 5.78. The van der Waals surface area contributed by atoms with Crippen LogP contribution in [0.3, 0.4) is 0 Å². The highest BCUT2D eigenvalue weighted by Crippen LogP contribution is 2.31. The Labute approximate surface area is 123 Å². The number of hydrogen-bond acceptors (Lipinski definition) is 4. The van der Waals surface area contributed by atoms with Gasteiger partial charge >= 0.3 is 0 Å². The van der Waals surface area contributed by atoms with Crippen LogP contribution in [0.5, 0.6) is 17.5 Å². The van der Waals surface area contributed by atoms with Gasteiger partial charge in [-0.1, -0.05) is 23.7 Å². The number of nitrogens with zero attached hydrogens (tertiary/aromatic N) is 1. The molecule has 0 aliphatic carbocycles. The van der Waals surface area contributed by atoms with Crippen molar-refractivity contribution in [1.29, 1.82) is 0 Å². The summed E-state index contributed by atoms with van der Waals surface area (Å²) in [5, 5.41) is 0.518. The molecule has 20 heavy (non-hydrogen) atoms. The lowest BCUT2D eigenvalue weighted by Gasteiger charge is -2.21. The maximum atomic E-state index is 6.04. The normalized spacial score (nSPS) is 11.2. The van der Waals surface area contributed by atoms with Crippen LogP contribution < -0.4 is 15.2 Å². The molecule has 1 aromatic heterocycles. The van der Waals surface area contributed by atoms with Gasteiger partial charge in [0.05, 0.1) is 10.7 Å². The van der Waals surface area contributed by atoms with E-state index in [0.717, 1.165) is 0 Å². The molecule has 0 saturated carbocycles. The standard InChI is InChI=1S/C15H17ClN2O2/c1-15(2,3)20-14-11(17)8-9-13(18-14)19-12-7-5-4-6-10(12)16/h4-9H,17H2,1-3H3. The van der Waals surface area contributed by atoms with E-state index in [1.54, 1.807) is 24.3 Å². The summed E-state index contributed by atoms with van der Waals surface area (Å²) in [4.78, 5) is 4.27. The Hall–Kier alpha value is -1.94. The van der Waals surface area contributed by atoms with Crippen molar-refractivity contribution in [1.82, 2.24) is 4.98 Å². The van der Waals surface area contributed by atoms with Gasteiger partial charge in [0.25, 0.3) is 0 Å². The third-order valence-electron chi connectivity index (χ3n) is 2.32. The van der Waals surface area contributed by atoms with Crippen molar-refractivity contribution < 1.29 is 9.47 Å². The SMILES string of the molecule is CC(C)(C)Oc1nc(Oc2ccccc2Cl)ccc1N. The van der Waals surface area contributed by atoms with Gasteiger partial charge in [0.2, 0.25) is 11.8 Å². The Morgan fingerprint density at radius 1 is 1.10 bits per heavy atom. The van der Waals surface area contributed by atoms with E-state index in [9.17, 15) is 0 Å². The van der Waals surface area contributed by atoms with E-state index in [1.165, 1.54) is 0 Å². The first-order valence-electron chi connectivity index (χ1n) is 6.23. The predicted molar refractivity (Wildman–Crippen MR) is 80.6 cm³/mol. The first-order valence-corrected chi connectivity index (χ1v) is 6.61. The monoisotopic (exact) mass is 292 g/mol. The number of benzene rings is 1. The maximum Gasteiger partial charge on any atom is 0.241 e. The zero-order chi connectivity index (χ0) is 14.8. The van der Waals surface area contributed by atoms with Gasteiger partial charge in [-0.15, -0.1) is 0 Å². The van der Waals surface area contributed by atoms with Crippen LogP contribution in [0.25, 0.3) is 0 Å². The van der Waals surface area contributed by atoms with Crippen LogP contribution in [0.1, 0.15) is 20.8 Å². The van der Waals surface area contributed by atoms with E-state index in [1.807, 2.05) is 32.9 Å². The van der Waals surface area contributed by atoms with Crippen LogP contribution in [-0.2, 0) is 0 Å². The van der Waals surface area contributed by atoms with Crippen molar-refractivity contribution in [3.05, 3.63) is 41.4 Å². The number of pyridine rings is 1. The minimum atomic E-state index is -0.385. The van der Waals surface area contributed by atoms with Crippen LogP contribution >= 0.6 is 11.6 Å². The highest BCUT2D eigenvalue weighted by atomic mass is 35.5. The molecule has 0 amide bonds. The Morgan fingerprint density at radius 3 is 2.45 bits per heavy atom. The molecule has 2 rings (SSSR count). The van der Waals surface area contributed by atoms with Crippen LogP contribution in [0.15, 0.2) is 36.4 Å². The van der Waals surface area contributed by atoms with Crippen molar-refractivity contribution in [3.8, 4) is 17.5 Å². The molecule has 0 spiro atoms. The summed E-state index contributed by atoms with van der Waals surface area (Å²) in [5.41, 5.74) is 5.93. The quantitative estimate of drug-likeness (QED) is 0.917. The van der Waals surface area contributed by atoms with Gasteiger partial charge in [-0.2, -0.15) is 4.98 Å². The van der Waals surface area contributed by atoms with Gasteiger partial charge in [-0.3, -0.25) is 0 Å². The molecule has 0 unspecified atom stereocenters. The van der Waals surface area contributed by atoms with Crippen molar-refractivity contribution in [3.63, 3.8) is 0 Å². The van der Waals surface area contributed by atoms with Gasteiger partial charge in [0.15, 0.2) is 0 Å². The highest BCUT2D eigenvalue weighted by molar-refractivity contribution is 6.32. The maximum absolute atomic E-state index is 6.04. The van der Waals surface area contributed by atoms with Gasteiger partial charge in [0, 0.05) is 6.07 Å². The summed E-state index contributed by atoms with van der Waals surface area (Å²) in [7, 11) is 0. The largest absolute Gasteiger partial charge is 0.470 e. The number of hydrogen-bond donors (Lipinski definition) is 1. The molecule has 1 aromatic carbocycles. The van der Waals surface area contributed by atoms with Crippen molar-refractivity contribution in [2.75, 3.05) is 5.73 Å². The lowest BCUT2D eigenvalue weighted by atomic mass is 10.2. The molecule has 2 N–H and O–H groups in total. The van der Waals surface area contributed by atoms with E-state index in [2.05, 4.69) is 4.98 Å². The molecule has 0 saturated heterocycles. The van der Waals surface area contributed by atoms with Crippen LogP contribution in [-0.4, -0.2) is 10.6 Å². The average molecular weight is 293 g/mol. The zero-order valence-electron chi connectivity index (χ0n) is 11.7. The molecule has 106 valence electrons. The third-order valence-corrected chi connectivity index (χ3v) is 2.63. The van der Waals surface area contributed by atoms with E-state index in [4.69, 9.17) is 26.8 Å². The molecule has 5 heteroatoms. The van der Waals surface area contributed by atoms with Gasteiger partial charge in [-0.05, 0) is 39.0 Å². The summed E-state index contributed by atoms with van der Waals surface area (Å²) in [6.07, 6.45) is 0. The molecule has 0 bridgehead atoms. The molecule has 0 aliphatic rings. The number of rotatable bonds is 3. The number of ether oxygens (including phenoxy) is 2. The number of nitrogens with two attached hydrogens (primary N) is 1. The molecule has 4 nitrogen and oxygen atoms in total. The lowest BCUT2D eigenvalue weighted by molar-refractivity contribution is 0.124. The Kier molecular flexibility index (Phi) is 4.04. The smallest absolute Gasteiger partial charge is 0.241 e. The predicted octanol–water partition coefficient (Wildman–Crippen LogP) is 4.29. The summed E-state index contributed by atoms with van der Waals surface area (Å²) in [5.74, 6) is 1.27. The van der Waals surface area contributed by atoms with E-state index in [-0.39, 0.29) is 5.60 Å². The minimum absolute atomic E-state index is 0.349.